The first-order valence-corrected chi connectivity index (χ1v) is 11.7. The molecule has 0 spiro atoms. The average Bonchev–Trinajstić information content (AvgIpc) is 3.29. The van der Waals surface area contributed by atoms with Crippen LogP contribution >= 0.6 is 0 Å². The Kier molecular flexibility index (Phi) is 5.84. The van der Waals surface area contributed by atoms with Crippen molar-refractivity contribution < 1.29 is 18.8 Å². The fourth-order valence-electron chi connectivity index (χ4n) is 4.92. The molecule has 0 bridgehead atoms. The van der Waals surface area contributed by atoms with E-state index >= 15 is 0 Å². The summed E-state index contributed by atoms with van der Waals surface area (Å²) in [4.78, 5) is 42.4. The summed E-state index contributed by atoms with van der Waals surface area (Å²) in [5.41, 5.74) is 6.77. The lowest BCUT2D eigenvalue weighted by atomic mass is 9.94. The molecule has 1 aromatic heterocycles. The summed E-state index contributed by atoms with van der Waals surface area (Å²) >= 11 is 0. The van der Waals surface area contributed by atoms with Crippen molar-refractivity contribution >= 4 is 34.9 Å². The number of Topliss-reactive ketones (excluding diaryl/α,β-unsaturated/α-hetero) is 1. The van der Waals surface area contributed by atoms with Crippen LogP contribution in [-0.2, 0) is 20.8 Å². The lowest BCUT2D eigenvalue weighted by Gasteiger charge is -2.26. The Morgan fingerprint density at radius 2 is 1.83 bits per heavy atom. The first-order valence-electron chi connectivity index (χ1n) is 11.7. The van der Waals surface area contributed by atoms with Crippen LogP contribution in [0.1, 0.15) is 40.9 Å². The van der Waals surface area contributed by atoms with E-state index < -0.39 is 0 Å². The number of aromatic amines is 1. The molecule has 0 unspecified atom stereocenters. The van der Waals surface area contributed by atoms with Crippen LogP contribution in [0.2, 0.25) is 0 Å². The second-order valence-electron chi connectivity index (χ2n) is 9.11. The zero-order valence-corrected chi connectivity index (χ0v) is 19.7. The van der Waals surface area contributed by atoms with Gasteiger partial charge in [0.15, 0.2) is 0 Å². The normalized spacial score (nSPS) is 16.5. The van der Waals surface area contributed by atoms with Crippen molar-refractivity contribution in [3.05, 3.63) is 76.4 Å². The van der Waals surface area contributed by atoms with Crippen molar-refractivity contribution in [1.29, 1.82) is 0 Å². The Bertz CT molecular complexity index is 1390. The number of hydrogen-bond acceptors (Lipinski definition) is 3. The number of carbonyl (C=O) groups excluding carboxylic acids is 3. The third kappa shape index (κ3) is 4.30. The van der Waals surface area contributed by atoms with Crippen LogP contribution in [-0.4, -0.2) is 40.6 Å². The third-order valence-corrected chi connectivity index (χ3v) is 6.88. The molecular weight excluding hydrogens is 445 g/mol. The van der Waals surface area contributed by atoms with Gasteiger partial charge in [-0.2, -0.15) is 0 Å². The van der Waals surface area contributed by atoms with E-state index in [1.54, 1.807) is 17.0 Å². The molecule has 0 atom stereocenters. The van der Waals surface area contributed by atoms with Gasteiger partial charge in [-0.25, -0.2) is 4.39 Å². The molecule has 0 radical (unpaired) electrons. The summed E-state index contributed by atoms with van der Waals surface area (Å²) in [5, 5.41) is 2.91. The maximum absolute atomic E-state index is 13.9. The van der Waals surface area contributed by atoms with Crippen LogP contribution in [0.5, 0.6) is 0 Å². The van der Waals surface area contributed by atoms with Gasteiger partial charge >= 0.3 is 0 Å². The van der Waals surface area contributed by atoms with Gasteiger partial charge in [0.1, 0.15) is 11.6 Å². The fraction of sp³-hybridized carbons (Fsp3) is 0.250. The molecule has 7 heteroatoms. The fourth-order valence-corrected chi connectivity index (χ4v) is 4.92. The average molecular weight is 472 g/mol. The monoisotopic (exact) mass is 471 g/mol. The molecule has 2 aliphatic rings. The van der Waals surface area contributed by atoms with Gasteiger partial charge in [0.25, 0.3) is 5.91 Å². The maximum Gasteiger partial charge on any atom is 0.256 e. The Balaban J connectivity index is 1.49. The Hall–Kier alpha value is -4.00. The van der Waals surface area contributed by atoms with Gasteiger partial charge in [-0.3, -0.25) is 14.4 Å². The third-order valence-electron chi connectivity index (χ3n) is 6.88. The lowest BCUT2D eigenvalue weighted by molar-refractivity contribution is -0.133. The molecular formula is C28H26FN3O3. The number of fused-ring (bicyclic) bond motifs is 1. The molecule has 2 amide bonds. The van der Waals surface area contributed by atoms with Gasteiger partial charge in [0.05, 0.1) is 12.0 Å². The highest BCUT2D eigenvalue weighted by atomic mass is 19.1. The number of aromatic nitrogens is 1. The molecule has 178 valence electrons. The number of amides is 2. The Morgan fingerprint density at radius 3 is 2.57 bits per heavy atom. The molecule has 1 saturated heterocycles. The van der Waals surface area contributed by atoms with Crippen LogP contribution in [0.15, 0.2) is 42.5 Å². The summed E-state index contributed by atoms with van der Waals surface area (Å²) in [6.45, 7) is 4.79. The van der Waals surface area contributed by atoms with Gasteiger partial charge < -0.3 is 15.2 Å². The van der Waals surface area contributed by atoms with Crippen LogP contribution < -0.4 is 5.32 Å². The smallest absolute Gasteiger partial charge is 0.256 e. The molecule has 6 nitrogen and oxygen atoms in total. The number of halogens is 1. The SMILES string of the molecule is Cc1[nH]c(/C=C2\C(=O)Nc3cccc(-c4cccc(F)c4)c32)c(C)c1CC(=O)N1CCC(=O)CC1. The number of rotatable bonds is 4. The van der Waals surface area contributed by atoms with Crippen molar-refractivity contribution in [2.75, 3.05) is 18.4 Å². The highest BCUT2D eigenvalue weighted by Crippen LogP contribution is 2.41. The highest BCUT2D eigenvalue weighted by Gasteiger charge is 2.28. The summed E-state index contributed by atoms with van der Waals surface area (Å²) in [5.74, 6) is -0.374. The van der Waals surface area contributed by atoms with Crippen LogP contribution in [0, 0.1) is 19.7 Å². The Morgan fingerprint density at radius 1 is 1.09 bits per heavy atom. The molecule has 0 aliphatic carbocycles. The number of anilines is 1. The summed E-state index contributed by atoms with van der Waals surface area (Å²) in [6.07, 6.45) is 2.87. The van der Waals surface area contributed by atoms with E-state index in [9.17, 15) is 18.8 Å². The maximum atomic E-state index is 13.9. The molecule has 3 aromatic rings. The second kappa shape index (κ2) is 8.98. The number of benzene rings is 2. The minimum atomic E-state index is -0.342. The molecule has 0 saturated carbocycles. The molecule has 3 heterocycles. The van der Waals surface area contributed by atoms with Gasteiger partial charge in [-0.1, -0.05) is 24.3 Å². The van der Waals surface area contributed by atoms with Gasteiger partial charge in [0.2, 0.25) is 5.91 Å². The van der Waals surface area contributed by atoms with Crippen molar-refractivity contribution in [2.45, 2.75) is 33.1 Å². The number of nitrogens with one attached hydrogen (secondary N) is 2. The number of H-pyrrole nitrogens is 1. The van der Waals surface area contributed by atoms with E-state index in [1.807, 2.05) is 38.1 Å². The zero-order chi connectivity index (χ0) is 24.7. The molecule has 5 rings (SSSR count). The molecule has 35 heavy (non-hydrogen) atoms. The number of hydrogen-bond donors (Lipinski definition) is 2. The minimum absolute atomic E-state index is 0.000696. The van der Waals surface area contributed by atoms with Crippen molar-refractivity contribution in [2.24, 2.45) is 0 Å². The van der Waals surface area contributed by atoms with Gasteiger partial charge in [-0.15, -0.1) is 0 Å². The number of carbonyl (C=O) groups is 3. The lowest BCUT2D eigenvalue weighted by Crippen LogP contribution is -2.39. The molecule has 2 N–H and O–H groups in total. The zero-order valence-electron chi connectivity index (χ0n) is 19.7. The van der Waals surface area contributed by atoms with E-state index in [-0.39, 0.29) is 29.8 Å². The topological polar surface area (TPSA) is 82.3 Å². The van der Waals surface area contributed by atoms with Gasteiger partial charge in [-0.05, 0) is 60.4 Å². The van der Waals surface area contributed by atoms with Crippen molar-refractivity contribution in [3.63, 3.8) is 0 Å². The van der Waals surface area contributed by atoms with Crippen LogP contribution in [0.3, 0.4) is 0 Å². The highest BCUT2D eigenvalue weighted by molar-refractivity contribution is 6.36. The Labute approximate surface area is 202 Å². The minimum Gasteiger partial charge on any atom is -0.359 e. The van der Waals surface area contributed by atoms with E-state index in [0.29, 0.717) is 42.8 Å². The van der Waals surface area contributed by atoms with E-state index in [4.69, 9.17) is 0 Å². The van der Waals surface area contributed by atoms with Gasteiger partial charge in [0, 0.05) is 48.6 Å². The van der Waals surface area contributed by atoms with Crippen molar-refractivity contribution in [1.82, 2.24) is 9.88 Å². The largest absolute Gasteiger partial charge is 0.359 e. The second-order valence-corrected chi connectivity index (χ2v) is 9.11. The first kappa shape index (κ1) is 22.8. The summed E-state index contributed by atoms with van der Waals surface area (Å²) in [7, 11) is 0. The molecule has 2 aliphatic heterocycles. The predicted octanol–water partition coefficient (Wildman–Crippen LogP) is 4.66. The quantitative estimate of drug-likeness (QED) is 0.543. The van der Waals surface area contributed by atoms with E-state index in [2.05, 4.69) is 10.3 Å². The number of piperidine rings is 1. The number of ketones is 1. The summed E-state index contributed by atoms with van der Waals surface area (Å²) in [6, 6.07) is 11.9. The summed E-state index contributed by atoms with van der Waals surface area (Å²) < 4.78 is 13.9. The van der Waals surface area contributed by atoms with Crippen LogP contribution in [0.25, 0.3) is 22.8 Å². The van der Waals surface area contributed by atoms with Crippen LogP contribution in [0.4, 0.5) is 10.1 Å². The molecule has 2 aromatic carbocycles. The number of nitrogens with zero attached hydrogens (tertiary/aromatic N) is 1. The predicted molar refractivity (Wildman–Crippen MR) is 133 cm³/mol. The van der Waals surface area contributed by atoms with E-state index in [1.165, 1.54) is 12.1 Å². The standard InChI is InChI=1S/C28H26FN3O3/c1-16-22(15-26(34)32-11-9-20(33)10-12-32)17(2)30-25(16)14-23-27-21(18-5-3-6-19(29)13-18)7-4-8-24(27)31-28(23)35/h3-8,13-14,30H,9-12,15H2,1-2H3,(H,31,35)/b23-14-. The number of aryl methyl sites for hydroxylation is 1. The number of likely N-dealkylation sites (tertiary alicyclic amines) is 1. The van der Waals surface area contributed by atoms with Crippen molar-refractivity contribution in [3.8, 4) is 11.1 Å². The molecule has 1 fully saturated rings. The first-order chi connectivity index (χ1) is 16.8. The van der Waals surface area contributed by atoms with E-state index in [0.717, 1.165) is 33.6 Å².